The second-order valence-electron chi connectivity index (χ2n) is 3.63. The Hall–Kier alpha value is -1.51. The molecule has 0 radical (unpaired) electrons. The molecule has 0 aliphatic heterocycles. The molecule has 100 valence electrons. The molecule has 0 fully saturated rings. The Morgan fingerprint density at radius 1 is 1.50 bits per heavy atom. The Balaban J connectivity index is 3.14. The van der Waals surface area contributed by atoms with Gasteiger partial charge < -0.3 is 10.2 Å². The van der Waals surface area contributed by atoms with Gasteiger partial charge in [0.1, 0.15) is 16.8 Å². The SMILES string of the molecule is Cc1ccc(F)c(S(=O)(=O)N[C@@H](CO)C(=O)O)c1. The monoisotopic (exact) mass is 277 g/mol. The highest BCUT2D eigenvalue weighted by Gasteiger charge is 2.26. The van der Waals surface area contributed by atoms with Crippen molar-refractivity contribution in [3.63, 3.8) is 0 Å². The van der Waals surface area contributed by atoms with Crippen molar-refractivity contribution in [2.24, 2.45) is 0 Å². The summed E-state index contributed by atoms with van der Waals surface area (Å²) in [5.41, 5.74) is 0.507. The molecule has 1 aromatic carbocycles. The van der Waals surface area contributed by atoms with Crippen LogP contribution in [0.4, 0.5) is 4.39 Å². The first-order valence-corrected chi connectivity index (χ1v) is 6.38. The zero-order valence-corrected chi connectivity index (χ0v) is 10.2. The summed E-state index contributed by atoms with van der Waals surface area (Å²) in [6.07, 6.45) is 0. The molecule has 0 aliphatic carbocycles. The first-order valence-electron chi connectivity index (χ1n) is 4.90. The van der Waals surface area contributed by atoms with Gasteiger partial charge in [-0.1, -0.05) is 6.07 Å². The van der Waals surface area contributed by atoms with Crippen LogP contribution in [0, 0.1) is 12.7 Å². The highest BCUT2D eigenvalue weighted by Crippen LogP contribution is 2.16. The number of nitrogens with one attached hydrogen (secondary N) is 1. The summed E-state index contributed by atoms with van der Waals surface area (Å²) in [4.78, 5) is 9.96. The van der Waals surface area contributed by atoms with Crippen molar-refractivity contribution in [1.29, 1.82) is 0 Å². The topological polar surface area (TPSA) is 104 Å². The van der Waals surface area contributed by atoms with E-state index in [2.05, 4.69) is 0 Å². The molecule has 0 heterocycles. The van der Waals surface area contributed by atoms with Crippen molar-refractivity contribution in [2.45, 2.75) is 17.9 Å². The predicted octanol–water partition coefficient (Wildman–Crippen LogP) is -0.142. The fourth-order valence-electron chi connectivity index (χ4n) is 1.23. The van der Waals surface area contributed by atoms with Gasteiger partial charge in [0, 0.05) is 0 Å². The molecule has 0 unspecified atom stereocenters. The summed E-state index contributed by atoms with van der Waals surface area (Å²) in [5.74, 6) is -2.54. The summed E-state index contributed by atoms with van der Waals surface area (Å²) in [5, 5.41) is 17.4. The van der Waals surface area contributed by atoms with Gasteiger partial charge in [-0.3, -0.25) is 4.79 Å². The number of aliphatic carboxylic acids is 1. The van der Waals surface area contributed by atoms with Crippen LogP contribution in [0.2, 0.25) is 0 Å². The summed E-state index contributed by atoms with van der Waals surface area (Å²) in [6, 6.07) is 1.72. The van der Waals surface area contributed by atoms with E-state index in [9.17, 15) is 17.6 Å². The number of hydrogen-bond donors (Lipinski definition) is 3. The van der Waals surface area contributed by atoms with E-state index in [-0.39, 0.29) is 0 Å². The second kappa shape index (κ2) is 5.42. The first-order chi connectivity index (χ1) is 8.27. The van der Waals surface area contributed by atoms with Gasteiger partial charge in [-0.25, -0.2) is 12.8 Å². The van der Waals surface area contributed by atoms with Gasteiger partial charge in [-0.2, -0.15) is 4.72 Å². The molecule has 1 rings (SSSR count). The summed E-state index contributed by atoms with van der Waals surface area (Å²) >= 11 is 0. The Bertz CT molecular complexity index is 557. The van der Waals surface area contributed by atoms with Gasteiger partial charge in [0.25, 0.3) is 0 Å². The molecule has 0 aliphatic rings. The zero-order chi connectivity index (χ0) is 13.9. The number of aliphatic hydroxyl groups is 1. The molecular weight excluding hydrogens is 265 g/mol. The Labute approximate surface area is 103 Å². The van der Waals surface area contributed by atoms with Crippen LogP contribution in [0.15, 0.2) is 23.1 Å². The molecule has 0 amide bonds. The summed E-state index contributed by atoms with van der Waals surface area (Å²) < 4.78 is 38.6. The van der Waals surface area contributed by atoms with Crippen LogP contribution in [0.3, 0.4) is 0 Å². The standard InChI is InChI=1S/C10H12FNO5S/c1-6-2-3-7(11)9(4-6)18(16,17)12-8(5-13)10(14)15/h2-4,8,12-13H,5H2,1H3,(H,14,15)/t8-/m0/s1. The Kier molecular flexibility index (Phi) is 4.38. The average molecular weight is 277 g/mol. The van der Waals surface area contributed by atoms with E-state index < -0.39 is 39.4 Å². The van der Waals surface area contributed by atoms with Crippen molar-refractivity contribution < 1.29 is 27.8 Å². The highest BCUT2D eigenvalue weighted by molar-refractivity contribution is 7.89. The fraction of sp³-hybridized carbons (Fsp3) is 0.300. The average Bonchev–Trinajstić information content (AvgIpc) is 2.28. The maximum atomic E-state index is 13.4. The molecule has 18 heavy (non-hydrogen) atoms. The molecule has 1 aromatic rings. The van der Waals surface area contributed by atoms with Crippen molar-refractivity contribution in [3.05, 3.63) is 29.6 Å². The molecule has 0 bridgehead atoms. The van der Waals surface area contributed by atoms with Gasteiger partial charge >= 0.3 is 5.97 Å². The molecule has 1 atom stereocenters. The third-order valence-corrected chi connectivity index (χ3v) is 3.64. The van der Waals surface area contributed by atoms with Gasteiger partial charge in [0.15, 0.2) is 0 Å². The van der Waals surface area contributed by atoms with Gasteiger partial charge in [-0.05, 0) is 24.6 Å². The molecule has 3 N–H and O–H groups in total. The van der Waals surface area contributed by atoms with Crippen LogP contribution < -0.4 is 4.72 Å². The lowest BCUT2D eigenvalue weighted by molar-refractivity contribution is -0.139. The van der Waals surface area contributed by atoms with Crippen LogP contribution in [0.25, 0.3) is 0 Å². The molecule has 0 saturated heterocycles. The lowest BCUT2D eigenvalue weighted by atomic mass is 10.2. The molecule has 0 aromatic heterocycles. The number of carbonyl (C=O) groups is 1. The Morgan fingerprint density at radius 2 is 2.11 bits per heavy atom. The van der Waals surface area contributed by atoms with Crippen molar-refractivity contribution in [3.8, 4) is 0 Å². The van der Waals surface area contributed by atoms with E-state index in [1.165, 1.54) is 6.07 Å². The van der Waals surface area contributed by atoms with Crippen LogP contribution >= 0.6 is 0 Å². The van der Waals surface area contributed by atoms with Gasteiger partial charge in [0.05, 0.1) is 6.61 Å². The number of rotatable bonds is 5. The lowest BCUT2D eigenvalue weighted by Crippen LogP contribution is -2.43. The quantitative estimate of drug-likeness (QED) is 0.695. The van der Waals surface area contributed by atoms with Crippen molar-refractivity contribution >= 4 is 16.0 Å². The lowest BCUT2D eigenvalue weighted by Gasteiger charge is -2.13. The third-order valence-electron chi connectivity index (χ3n) is 2.15. The first kappa shape index (κ1) is 14.6. The van der Waals surface area contributed by atoms with Gasteiger partial charge in [-0.15, -0.1) is 0 Å². The predicted molar refractivity (Wildman–Crippen MR) is 60.0 cm³/mol. The van der Waals surface area contributed by atoms with Crippen LogP contribution in [0.1, 0.15) is 5.56 Å². The summed E-state index contributed by atoms with van der Waals surface area (Å²) in [6.45, 7) is 0.640. The number of aryl methyl sites for hydroxylation is 1. The molecule has 0 saturated carbocycles. The van der Waals surface area contributed by atoms with Crippen molar-refractivity contribution in [1.82, 2.24) is 4.72 Å². The normalized spacial score (nSPS) is 13.3. The molecule has 6 nitrogen and oxygen atoms in total. The number of hydrogen-bond acceptors (Lipinski definition) is 4. The minimum absolute atomic E-state index is 0.507. The van der Waals surface area contributed by atoms with Crippen LogP contribution in [0.5, 0.6) is 0 Å². The Morgan fingerprint density at radius 3 is 2.61 bits per heavy atom. The minimum Gasteiger partial charge on any atom is -0.480 e. The van der Waals surface area contributed by atoms with E-state index >= 15 is 0 Å². The number of benzene rings is 1. The zero-order valence-electron chi connectivity index (χ0n) is 9.42. The number of aliphatic hydroxyl groups excluding tert-OH is 1. The molecule has 0 spiro atoms. The largest absolute Gasteiger partial charge is 0.480 e. The van der Waals surface area contributed by atoms with Gasteiger partial charge in [0.2, 0.25) is 10.0 Å². The smallest absolute Gasteiger partial charge is 0.324 e. The van der Waals surface area contributed by atoms with E-state index in [0.717, 1.165) is 12.1 Å². The molecular formula is C10H12FNO5S. The third kappa shape index (κ3) is 3.25. The number of sulfonamides is 1. The molecule has 8 heteroatoms. The van der Waals surface area contributed by atoms with E-state index in [4.69, 9.17) is 10.2 Å². The van der Waals surface area contributed by atoms with Crippen LogP contribution in [-0.4, -0.2) is 37.2 Å². The van der Waals surface area contributed by atoms with Crippen molar-refractivity contribution in [2.75, 3.05) is 6.61 Å². The van der Waals surface area contributed by atoms with E-state index in [1.54, 1.807) is 11.6 Å². The second-order valence-corrected chi connectivity index (χ2v) is 5.31. The number of halogens is 1. The maximum absolute atomic E-state index is 13.4. The number of carboxylic acid groups (broad SMARTS) is 1. The summed E-state index contributed by atoms with van der Waals surface area (Å²) in [7, 11) is -4.34. The number of carboxylic acids is 1. The minimum atomic E-state index is -4.34. The fourth-order valence-corrected chi connectivity index (χ4v) is 2.58. The van der Waals surface area contributed by atoms with E-state index in [1.807, 2.05) is 0 Å². The van der Waals surface area contributed by atoms with E-state index in [0.29, 0.717) is 5.56 Å². The van der Waals surface area contributed by atoms with Crippen LogP contribution in [-0.2, 0) is 14.8 Å². The highest BCUT2D eigenvalue weighted by atomic mass is 32.2. The maximum Gasteiger partial charge on any atom is 0.324 e.